The van der Waals surface area contributed by atoms with Crippen molar-refractivity contribution < 1.29 is 31.9 Å². The number of hydrogen-bond acceptors (Lipinski definition) is 4. The number of nitrogens with zero attached hydrogens (tertiary/aromatic N) is 3. The predicted octanol–water partition coefficient (Wildman–Crippen LogP) is 3.39. The second-order valence-electron chi connectivity index (χ2n) is 9.70. The van der Waals surface area contributed by atoms with Crippen LogP contribution in [0.25, 0.3) is 0 Å². The summed E-state index contributed by atoms with van der Waals surface area (Å²) in [7, 11) is 0. The van der Waals surface area contributed by atoms with Gasteiger partial charge >= 0.3 is 12.2 Å². The van der Waals surface area contributed by atoms with E-state index in [1.54, 1.807) is 4.90 Å². The van der Waals surface area contributed by atoms with E-state index in [1.165, 1.54) is 15.9 Å². The Hall–Kier alpha value is -3.67. The van der Waals surface area contributed by atoms with E-state index in [1.807, 2.05) is 30.3 Å². The van der Waals surface area contributed by atoms with E-state index in [0.29, 0.717) is 25.9 Å². The summed E-state index contributed by atoms with van der Waals surface area (Å²) in [5, 5.41) is 2.62. The molecule has 0 bridgehead atoms. The Labute approximate surface area is 223 Å². The van der Waals surface area contributed by atoms with Crippen molar-refractivity contribution in [2.24, 2.45) is 5.73 Å². The van der Waals surface area contributed by atoms with Gasteiger partial charge in [-0.1, -0.05) is 36.4 Å². The van der Waals surface area contributed by atoms with Crippen LogP contribution in [-0.4, -0.2) is 64.4 Å². The number of benzene rings is 2. The van der Waals surface area contributed by atoms with E-state index in [9.17, 15) is 31.9 Å². The van der Waals surface area contributed by atoms with Gasteiger partial charge in [-0.15, -0.1) is 0 Å². The number of nitrogens with one attached hydrogen (secondary N) is 1. The van der Waals surface area contributed by atoms with Gasteiger partial charge in [-0.3, -0.25) is 9.59 Å². The SMILES string of the molecule is NCCC[C@H]1C(=O)N(Cc2ccccc2)C[C@@H]2N(C(=O)NCc3cc(CF)cc(C(F)(F)F)c3)CCC(=O)N21. The molecule has 12 heteroatoms. The molecule has 210 valence electrons. The fourth-order valence-electron chi connectivity index (χ4n) is 5.14. The van der Waals surface area contributed by atoms with Crippen LogP contribution in [0.5, 0.6) is 0 Å². The number of alkyl halides is 4. The fraction of sp³-hybridized carbons (Fsp3) is 0.444. The number of carbonyl (C=O) groups excluding carboxylic acids is 3. The second kappa shape index (κ2) is 12.0. The number of hydrogen-bond donors (Lipinski definition) is 2. The van der Waals surface area contributed by atoms with E-state index in [-0.39, 0.29) is 49.0 Å². The number of amides is 4. The lowest BCUT2D eigenvalue weighted by atomic mass is 9.99. The molecule has 2 aromatic carbocycles. The van der Waals surface area contributed by atoms with Crippen molar-refractivity contribution in [1.29, 1.82) is 0 Å². The molecule has 0 spiro atoms. The Balaban J connectivity index is 1.55. The third-order valence-corrected chi connectivity index (χ3v) is 6.99. The van der Waals surface area contributed by atoms with E-state index >= 15 is 0 Å². The van der Waals surface area contributed by atoms with Gasteiger partial charge < -0.3 is 25.8 Å². The van der Waals surface area contributed by atoms with Gasteiger partial charge in [0, 0.05) is 26.1 Å². The molecule has 2 atom stereocenters. The van der Waals surface area contributed by atoms with Crippen molar-refractivity contribution in [3.05, 3.63) is 70.8 Å². The lowest BCUT2D eigenvalue weighted by Crippen LogP contribution is -2.71. The minimum Gasteiger partial charge on any atom is -0.334 e. The number of piperazine rings is 1. The van der Waals surface area contributed by atoms with Crippen LogP contribution >= 0.6 is 0 Å². The Kier molecular flexibility index (Phi) is 8.73. The minimum atomic E-state index is -4.66. The van der Waals surface area contributed by atoms with Gasteiger partial charge in [-0.05, 0) is 48.2 Å². The zero-order valence-corrected chi connectivity index (χ0v) is 21.3. The van der Waals surface area contributed by atoms with E-state index < -0.39 is 36.7 Å². The molecule has 0 radical (unpaired) electrons. The molecular weight excluding hydrogens is 518 g/mol. The van der Waals surface area contributed by atoms with Gasteiger partial charge in [0.1, 0.15) is 18.9 Å². The van der Waals surface area contributed by atoms with Crippen LogP contribution in [0.15, 0.2) is 48.5 Å². The Morgan fingerprint density at radius 1 is 1.05 bits per heavy atom. The Morgan fingerprint density at radius 3 is 2.44 bits per heavy atom. The quantitative estimate of drug-likeness (QED) is 0.494. The molecule has 0 unspecified atom stereocenters. The van der Waals surface area contributed by atoms with Gasteiger partial charge in [0.2, 0.25) is 11.8 Å². The van der Waals surface area contributed by atoms with Gasteiger partial charge in [-0.2, -0.15) is 13.2 Å². The topological polar surface area (TPSA) is 99.0 Å². The molecule has 3 N–H and O–H groups in total. The number of nitrogens with two attached hydrogens (primary N) is 1. The molecule has 0 aromatic heterocycles. The summed E-state index contributed by atoms with van der Waals surface area (Å²) in [4.78, 5) is 44.2. The number of halogens is 4. The number of urea groups is 1. The Bertz CT molecular complexity index is 1190. The normalized spacial score (nSPS) is 19.8. The van der Waals surface area contributed by atoms with Crippen LogP contribution in [0.1, 0.15) is 41.5 Å². The van der Waals surface area contributed by atoms with Crippen LogP contribution in [0.2, 0.25) is 0 Å². The summed E-state index contributed by atoms with van der Waals surface area (Å²) in [6.07, 6.45) is -4.56. The third kappa shape index (κ3) is 6.49. The molecule has 2 aromatic rings. The highest BCUT2D eigenvalue weighted by Crippen LogP contribution is 2.31. The van der Waals surface area contributed by atoms with Crippen molar-refractivity contribution >= 4 is 17.8 Å². The summed E-state index contributed by atoms with van der Waals surface area (Å²) in [5.74, 6) is -0.467. The molecule has 4 rings (SSSR count). The molecular formula is C27H31F4N5O3. The first-order valence-corrected chi connectivity index (χ1v) is 12.8. The van der Waals surface area contributed by atoms with E-state index in [2.05, 4.69) is 5.32 Å². The fourth-order valence-corrected chi connectivity index (χ4v) is 5.14. The highest BCUT2D eigenvalue weighted by atomic mass is 19.4. The smallest absolute Gasteiger partial charge is 0.334 e. The first-order chi connectivity index (χ1) is 18.6. The molecule has 8 nitrogen and oxygen atoms in total. The van der Waals surface area contributed by atoms with Crippen molar-refractivity contribution in [2.75, 3.05) is 19.6 Å². The molecule has 0 saturated carbocycles. The molecule has 2 aliphatic rings. The maximum Gasteiger partial charge on any atom is 0.416 e. The van der Waals surface area contributed by atoms with Gasteiger partial charge in [0.05, 0.1) is 12.1 Å². The largest absolute Gasteiger partial charge is 0.416 e. The molecule has 4 amide bonds. The maximum absolute atomic E-state index is 13.4. The van der Waals surface area contributed by atoms with Gasteiger partial charge in [0.15, 0.2) is 0 Å². The summed E-state index contributed by atoms with van der Waals surface area (Å²) in [6, 6.07) is 10.8. The highest BCUT2D eigenvalue weighted by Gasteiger charge is 2.48. The summed E-state index contributed by atoms with van der Waals surface area (Å²) < 4.78 is 52.9. The van der Waals surface area contributed by atoms with Gasteiger partial charge in [-0.25, -0.2) is 9.18 Å². The van der Waals surface area contributed by atoms with E-state index in [4.69, 9.17) is 5.73 Å². The van der Waals surface area contributed by atoms with Gasteiger partial charge in [0.25, 0.3) is 0 Å². The monoisotopic (exact) mass is 549 g/mol. The number of carbonyl (C=O) groups is 3. The number of fused-ring (bicyclic) bond motifs is 1. The predicted molar refractivity (Wildman–Crippen MR) is 134 cm³/mol. The molecule has 2 fully saturated rings. The van der Waals surface area contributed by atoms with E-state index in [0.717, 1.165) is 17.7 Å². The lowest BCUT2D eigenvalue weighted by Gasteiger charge is -2.52. The zero-order valence-electron chi connectivity index (χ0n) is 21.3. The van der Waals surface area contributed by atoms with Crippen LogP contribution < -0.4 is 11.1 Å². The van der Waals surface area contributed by atoms with Crippen LogP contribution in [0.3, 0.4) is 0 Å². The first-order valence-electron chi connectivity index (χ1n) is 12.8. The standard InChI is InChI=1S/C27H31F4N5O3/c28-14-19-11-20(13-21(12-19)27(29,30)31)15-33-26(39)35-10-8-24(37)36-22(7-4-9-32)25(38)34(17-23(35)36)16-18-5-2-1-3-6-18/h1-3,5-6,11-13,22-23H,4,7-10,14-17,32H2,(H,33,39)/t22-,23+/m0/s1. The maximum atomic E-state index is 13.4. The van der Waals surface area contributed by atoms with Crippen molar-refractivity contribution in [1.82, 2.24) is 20.0 Å². The van der Waals surface area contributed by atoms with Crippen molar-refractivity contribution in [3.8, 4) is 0 Å². The molecule has 0 aliphatic carbocycles. The number of rotatable bonds is 8. The summed E-state index contributed by atoms with van der Waals surface area (Å²) in [5.41, 5.74) is 5.53. The minimum absolute atomic E-state index is 0.00453. The average Bonchev–Trinajstić information content (AvgIpc) is 2.92. The lowest BCUT2D eigenvalue weighted by molar-refractivity contribution is -0.167. The van der Waals surface area contributed by atoms with Crippen LogP contribution in [0.4, 0.5) is 22.4 Å². The molecule has 39 heavy (non-hydrogen) atoms. The molecule has 2 saturated heterocycles. The Morgan fingerprint density at radius 2 is 1.77 bits per heavy atom. The van der Waals surface area contributed by atoms with Crippen LogP contribution in [-0.2, 0) is 35.5 Å². The van der Waals surface area contributed by atoms with Crippen molar-refractivity contribution in [2.45, 2.75) is 57.4 Å². The molecule has 2 heterocycles. The zero-order chi connectivity index (χ0) is 28.2. The third-order valence-electron chi connectivity index (χ3n) is 6.99. The summed E-state index contributed by atoms with van der Waals surface area (Å²) in [6.45, 7) is -0.551. The van der Waals surface area contributed by atoms with Crippen molar-refractivity contribution in [3.63, 3.8) is 0 Å². The average molecular weight is 550 g/mol. The first kappa shape index (κ1) is 28.3. The molecule has 2 aliphatic heterocycles. The second-order valence-corrected chi connectivity index (χ2v) is 9.70. The summed E-state index contributed by atoms with van der Waals surface area (Å²) >= 11 is 0. The van der Waals surface area contributed by atoms with Crippen LogP contribution in [0, 0.1) is 0 Å². The highest BCUT2D eigenvalue weighted by molar-refractivity contribution is 5.91.